The summed E-state index contributed by atoms with van der Waals surface area (Å²) < 4.78 is 26.9. The largest absolute Gasteiger partial charge is 0.368 e. The summed E-state index contributed by atoms with van der Waals surface area (Å²) in [6.07, 6.45) is 0. The molecule has 0 spiro atoms. The highest BCUT2D eigenvalue weighted by Gasteiger charge is 2.23. The van der Waals surface area contributed by atoms with Crippen molar-refractivity contribution in [2.45, 2.75) is 18.4 Å². The fourth-order valence-electron chi connectivity index (χ4n) is 3.27. The smallest absolute Gasteiger partial charge is 0.242 e. The van der Waals surface area contributed by atoms with Gasteiger partial charge in [0.15, 0.2) is 0 Å². The number of rotatable bonds is 5. The van der Waals surface area contributed by atoms with E-state index in [1.165, 1.54) is 18.2 Å². The Morgan fingerprint density at radius 1 is 1.00 bits per heavy atom. The fraction of sp³-hybridized carbons (Fsp3) is 0.368. The molecule has 1 saturated heterocycles. The molecule has 0 atom stereocenters. The topological polar surface area (TPSA) is 52.7 Å². The molecule has 1 heterocycles. The van der Waals surface area contributed by atoms with Crippen molar-refractivity contribution >= 4 is 15.7 Å². The van der Waals surface area contributed by atoms with Crippen LogP contribution in [0.15, 0.2) is 53.4 Å². The molecule has 1 aliphatic rings. The van der Waals surface area contributed by atoms with Gasteiger partial charge in [0, 0.05) is 32.7 Å². The second-order valence-corrected chi connectivity index (χ2v) is 8.28. The molecule has 6 heteroatoms. The Morgan fingerprint density at radius 2 is 1.72 bits per heavy atom. The first-order valence-corrected chi connectivity index (χ1v) is 10.0. The van der Waals surface area contributed by atoms with Crippen LogP contribution in [0, 0.1) is 6.92 Å². The number of nitrogens with one attached hydrogen (secondary N) is 1. The van der Waals surface area contributed by atoms with Gasteiger partial charge in [0.25, 0.3) is 0 Å². The third-order valence-corrected chi connectivity index (χ3v) is 6.09. The summed E-state index contributed by atoms with van der Waals surface area (Å²) in [5.74, 6) is 0. The quantitative estimate of drug-likeness (QED) is 0.889. The first kappa shape index (κ1) is 17.9. The zero-order chi connectivity index (χ0) is 17.9. The van der Waals surface area contributed by atoms with E-state index in [4.69, 9.17) is 0 Å². The first-order chi connectivity index (χ1) is 12.0. The van der Waals surface area contributed by atoms with Gasteiger partial charge in [-0.3, -0.25) is 4.90 Å². The van der Waals surface area contributed by atoms with Crippen LogP contribution in [0.3, 0.4) is 0 Å². The Hall–Kier alpha value is -1.89. The number of piperazine rings is 1. The minimum absolute atomic E-state index is 0.352. The van der Waals surface area contributed by atoms with E-state index >= 15 is 0 Å². The Labute approximate surface area is 150 Å². The van der Waals surface area contributed by atoms with Crippen LogP contribution in [0.4, 0.5) is 5.69 Å². The van der Waals surface area contributed by atoms with Crippen LogP contribution < -0.4 is 9.62 Å². The summed E-state index contributed by atoms with van der Waals surface area (Å²) in [6.45, 7) is 6.53. The molecule has 25 heavy (non-hydrogen) atoms. The van der Waals surface area contributed by atoms with Gasteiger partial charge in [0.05, 0.1) is 5.69 Å². The lowest BCUT2D eigenvalue weighted by Gasteiger charge is -2.36. The van der Waals surface area contributed by atoms with Gasteiger partial charge in [0.2, 0.25) is 10.0 Å². The third kappa shape index (κ3) is 4.21. The second kappa shape index (κ2) is 7.56. The predicted octanol–water partition coefficient (Wildman–Crippen LogP) is 2.23. The normalized spacial score (nSPS) is 16.2. The lowest BCUT2D eigenvalue weighted by atomic mass is 10.1. The molecule has 1 N–H and O–H groups in total. The average molecular weight is 359 g/mol. The molecule has 0 saturated carbocycles. The highest BCUT2D eigenvalue weighted by atomic mass is 32.2. The van der Waals surface area contributed by atoms with Crippen molar-refractivity contribution < 1.29 is 8.42 Å². The summed E-state index contributed by atoms with van der Waals surface area (Å²) in [7, 11) is -2.00. The van der Waals surface area contributed by atoms with Gasteiger partial charge in [-0.1, -0.05) is 42.0 Å². The Bertz CT molecular complexity index is 828. The number of benzene rings is 2. The van der Waals surface area contributed by atoms with Crippen molar-refractivity contribution in [1.29, 1.82) is 0 Å². The van der Waals surface area contributed by atoms with Crippen LogP contribution in [0.1, 0.15) is 11.1 Å². The number of nitrogens with zero attached hydrogens (tertiary/aromatic N) is 2. The molecule has 5 nitrogen and oxygen atoms in total. The summed E-state index contributed by atoms with van der Waals surface area (Å²) >= 11 is 0. The molecule has 0 amide bonds. The van der Waals surface area contributed by atoms with Gasteiger partial charge in [-0.2, -0.15) is 0 Å². The maximum atomic E-state index is 12.3. The molecule has 0 aromatic heterocycles. The SMILES string of the molecule is CNS(=O)(=O)c1ccccc1N1CCN(Cc2cccc(C)c2)CC1. The molecular formula is C19H25N3O2S. The van der Waals surface area contributed by atoms with Gasteiger partial charge < -0.3 is 4.90 Å². The number of aryl methyl sites for hydroxylation is 1. The maximum Gasteiger partial charge on any atom is 0.242 e. The van der Waals surface area contributed by atoms with Crippen LogP contribution in [-0.2, 0) is 16.6 Å². The number of hydrogen-bond donors (Lipinski definition) is 1. The van der Waals surface area contributed by atoms with E-state index < -0.39 is 10.0 Å². The lowest BCUT2D eigenvalue weighted by molar-refractivity contribution is 0.249. The van der Waals surface area contributed by atoms with Crippen LogP contribution in [0.5, 0.6) is 0 Å². The maximum absolute atomic E-state index is 12.3. The van der Waals surface area contributed by atoms with E-state index in [1.807, 2.05) is 12.1 Å². The molecule has 2 aromatic carbocycles. The van der Waals surface area contributed by atoms with E-state index in [1.54, 1.807) is 12.1 Å². The van der Waals surface area contributed by atoms with Gasteiger partial charge in [-0.25, -0.2) is 13.1 Å². The van der Waals surface area contributed by atoms with Gasteiger partial charge >= 0.3 is 0 Å². The number of para-hydroxylation sites is 1. The van der Waals surface area contributed by atoms with E-state index in [0.717, 1.165) is 38.4 Å². The minimum atomic E-state index is -3.45. The summed E-state index contributed by atoms with van der Waals surface area (Å²) in [6, 6.07) is 15.8. The van der Waals surface area contributed by atoms with Crippen LogP contribution in [0.2, 0.25) is 0 Å². The fourth-order valence-corrected chi connectivity index (χ4v) is 4.22. The van der Waals surface area contributed by atoms with E-state index in [-0.39, 0.29) is 0 Å². The summed E-state index contributed by atoms with van der Waals surface area (Å²) in [5.41, 5.74) is 3.39. The van der Waals surface area contributed by atoms with Crippen LogP contribution >= 0.6 is 0 Å². The Kier molecular flexibility index (Phi) is 5.42. The van der Waals surface area contributed by atoms with Crippen molar-refractivity contribution in [2.75, 3.05) is 38.1 Å². The zero-order valence-corrected chi connectivity index (χ0v) is 15.6. The van der Waals surface area contributed by atoms with Crippen molar-refractivity contribution in [3.63, 3.8) is 0 Å². The van der Waals surface area contributed by atoms with E-state index in [0.29, 0.717) is 4.90 Å². The molecule has 2 aromatic rings. The van der Waals surface area contributed by atoms with Crippen molar-refractivity contribution in [1.82, 2.24) is 9.62 Å². The molecule has 134 valence electrons. The van der Waals surface area contributed by atoms with Crippen LogP contribution in [0.25, 0.3) is 0 Å². The minimum Gasteiger partial charge on any atom is -0.368 e. The van der Waals surface area contributed by atoms with E-state index in [2.05, 4.69) is 45.7 Å². The number of anilines is 1. The number of hydrogen-bond acceptors (Lipinski definition) is 4. The first-order valence-electron chi connectivity index (χ1n) is 8.55. The highest BCUT2D eigenvalue weighted by Crippen LogP contribution is 2.26. The Morgan fingerprint density at radius 3 is 2.40 bits per heavy atom. The van der Waals surface area contributed by atoms with Crippen molar-refractivity contribution in [2.24, 2.45) is 0 Å². The highest BCUT2D eigenvalue weighted by molar-refractivity contribution is 7.89. The zero-order valence-electron chi connectivity index (χ0n) is 14.8. The molecule has 0 aliphatic carbocycles. The Balaban J connectivity index is 1.69. The van der Waals surface area contributed by atoms with Crippen molar-refractivity contribution in [3.8, 4) is 0 Å². The molecular weight excluding hydrogens is 334 g/mol. The summed E-state index contributed by atoms with van der Waals surface area (Å²) in [4.78, 5) is 4.93. The average Bonchev–Trinajstić information content (AvgIpc) is 2.62. The molecule has 3 rings (SSSR count). The van der Waals surface area contributed by atoms with Gasteiger partial charge in [-0.15, -0.1) is 0 Å². The number of sulfonamides is 1. The standard InChI is InChI=1S/C19H25N3O2S/c1-16-6-5-7-17(14-16)15-21-10-12-22(13-11-21)18-8-3-4-9-19(18)25(23,24)20-2/h3-9,14,20H,10-13,15H2,1-2H3. The molecule has 0 radical (unpaired) electrons. The van der Waals surface area contributed by atoms with E-state index in [9.17, 15) is 8.42 Å². The molecule has 0 unspecified atom stereocenters. The lowest BCUT2D eigenvalue weighted by Crippen LogP contribution is -2.46. The van der Waals surface area contributed by atoms with Gasteiger partial charge in [0.1, 0.15) is 4.90 Å². The predicted molar refractivity (Wildman–Crippen MR) is 101 cm³/mol. The molecule has 1 aliphatic heterocycles. The third-order valence-electron chi connectivity index (χ3n) is 4.63. The summed E-state index contributed by atoms with van der Waals surface area (Å²) in [5, 5.41) is 0. The molecule has 0 bridgehead atoms. The monoisotopic (exact) mass is 359 g/mol. The van der Waals surface area contributed by atoms with Crippen molar-refractivity contribution in [3.05, 3.63) is 59.7 Å². The molecule has 1 fully saturated rings. The van der Waals surface area contributed by atoms with Gasteiger partial charge in [-0.05, 0) is 31.7 Å². The second-order valence-electron chi connectivity index (χ2n) is 6.43. The van der Waals surface area contributed by atoms with Crippen LogP contribution in [-0.4, -0.2) is 46.5 Å².